The van der Waals surface area contributed by atoms with E-state index in [-0.39, 0.29) is 24.1 Å². The Kier molecular flexibility index (Phi) is 7.60. The molecule has 3 aromatic heterocycles. The van der Waals surface area contributed by atoms with Gasteiger partial charge in [-0.25, -0.2) is 0 Å². The molecule has 9 nitrogen and oxygen atoms in total. The fraction of sp³-hybridized carbons (Fsp3) is 0.158. The van der Waals surface area contributed by atoms with Crippen LogP contribution in [-0.2, 0) is 11.3 Å². The average Bonchev–Trinajstić information content (AvgIpc) is 3.54. The summed E-state index contributed by atoms with van der Waals surface area (Å²) in [4.78, 5) is 25.3. The van der Waals surface area contributed by atoms with Gasteiger partial charge in [0.25, 0.3) is 5.91 Å². The molecule has 3 heterocycles. The van der Waals surface area contributed by atoms with E-state index in [9.17, 15) is 9.59 Å². The number of rotatable bonds is 8. The highest BCUT2D eigenvalue weighted by Gasteiger charge is 2.18. The second-order valence-corrected chi connectivity index (χ2v) is 10.3. The molecule has 0 aliphatic rings. The number of nitrogens with one attached hydrogen (secondary N) is 2. The predicted molar refractivity (Wildman–Crippen MR) is 131 cm³/mol. The van der Waals surface area contributed by atoms with Crippen LogP contribution in [0.2, 0.25) is 10.0 Å². The first-order chi connectivity index (χ1) is 15.9. The molecular formula is C19H15Cl2N7O2S3. The number of benzene rings is 1. The summed E-state index contributed by atoms with van der Waals surface area (Å²) in [6, 6.07) is 8.64. The summed E-state index contributed by atoms with van der Waals surface area (Å²) >= 11 is 16.1. The fourth-order valence-corrected chi connectivity index (χ4v) is 4.99. The lowest BCUT2D eigenvalue weighted by Crippen LogP contribution is -2.24. The van der Waals surface area contributed by atoms with Crippen molar-refractivity contribution in [3.63, 3.8) is 0 Å². The predicted octanol–water partition coefficient (Wildman–Crippen LogP) is 4.46. The minimum absolute atomic E-state index is 0.0691. The van der Waals surface area contributed by atoms with Gasteiger partial charge in [-0.05, 0) is 36.6 Å². The van der Waals surface area contributed by atoms with Crippen molar-refractivity contribution in [3.8, 4) is 5.69 Å². The van der Waals surface area contributed by atoms with Gasteiger partial charge in [-0.15, -0.1) is 31.7 Å². The van der Waals surface area contributed by atoms with Gasteiger partial charge in [-0.2, -0.15) is 0 Å². The van der Waals surface area contributed by atoms with E-state index in [0.717, 1.165) is 5.01 Å². The van der Waals surface area contributed by atoms with Crippen molar-refractivity contribution in [2.24, 2.45) is 0 Å². The molecule has 0 saturated heterocycles. The van der Waals surface area contributed by atoms with Crippen LogP contribution in [0.1, 0.15) is 20.5 Å². The van der Waals surface area contributed by atoms with E-state index in [1.54, 1.807) is 41.8 Å². The fourth-order valence-electron chi connectivity index (χ4n) is 2.68. The van der Waals surface area contributed by atoms with Gasteiger partial charge in [0.2, 0.25) is 11.0 Å². The summed E-state index contributed by atoms with van der Waals surface area (Å²) in [7, 11) is 0. The first kappa shape index (κ1) is 23.6. The summed E-state index contributed by atoms with van der Waals surface area (Å²) in [5, 5.41) is 26.0. The Labute approximate surface area is 210 Å². The Morgan fingerprint density at radius 1 is 1.12 bits per heavy atom. The molecule has 0 radical (unpaired) electrons. The molecule has 0 aliphatic carbocycles. The average molecular weight is 540 g/mol. The maximum atomic E-state index is 12.4. The number of thioether (sulfide) groups is 1. The summed E-state index contributed by atoms with van der Waals surface area (Å²) < 4.78 is 1.73. The van der Waals surface area contributed by atoms with E-state index in [1.807, 2.05) is 5.38 Å². The lowest BCUT2D eigenvalue weighted by atomic mass is 10.3. The number of aromatic nitrogens is 5. The highest BCUT2D eigenvalue weighted by Crippen LogP contribution is 2.28. The zero-order valence-electron chi connectivity index (χ0n) is 16.9. The molecule has 2 N–H and O–H groups in total. The molecule has 14 heteroatoms. The second kappa shape index (κ2) is 10.6. The van der Waals surface area contributed by atoms with Crippen molar-refractivity contribution < 1.29 is 9.59 Å². The largest absolute Gasteiger partial charge is 0.344 e. The molecule has 0 saturated carbocycles. The lowest BCUT2D eigenvalue weighted by Gasteiger charge is -2.11. The van der Waals surface area contributed by atoms with E-state index in [1.165, 1.54) is 34.4 Å². The van der Waals surface area contributed by atoms with Gasteiger partial charge in [0.05, 0.1) is 32.9 Å². The molecule has 0 bridgehead atoms. The van der Waals surface area contributed by atoms with Crippen molar-refractivity contribution >= 4 is 74.6 Å². The van der Waals surface area contributed by atoms with Crippen molar-refractivity contribution in [1.29, 1.82) is 0 Å². The van der Waals surface area contributed by atoms with E-state index >= 15 is 0 Å². The maximum absolute atomic E-state index is 12.4. The molecule has 170 valence electrons. The van der Waals surface area contributed by atoms with Gasteiger partial charge in [-0.3, -0.25) is 19.5 Å². The Balaban J connectivity index is 1.53. The second-order valence-electron chi connectivity index (χ2n) is 6.46. The van der Waals surface area contributed by atoms with Gasteiger partial charge in [0.15, 0.2) is 11.0 Å². The molecule has 0 spiro atoms. The number of carbonyl (C=O) groups excluding carboxylic acids is 2. The van der Waals surface area contributed by atoms with E-state index in [0.29, 0.717) is 36.7 Å². The monoisotopic (exact) mass is 539 g/mol. The van der Waals surface area contributed by atoms with Crippen molar-refractivity contribution in [2.45, 2.75) is 18.6 Å². The van der Waals surface area contributed by atoms with Crippen LogP contribution in [0.5, 0.6) is 0 Å². The zero-order valence-corrected chi connectivity index (χ0v) is 20.9. The van der Waals surface area contributed by atoms with Gasteiger partial charge in [0.1, 0.15) is 5.01 Å². The first-order valence-electron chi connectivity index (χ1n) is 9.35. The van der Waals surface area contributed by atoms with Gasteiger partial charge >= 0.3 is 0 Å². The van der Waals surface area contributed by atoms with E-state index in [2.05, 4.69) is 31.0 Å². The summed E-state index contributed by atoms with van der Waals surface area (Å²) in [5.41, 5.74) is 0.650. The minimum atomic E-state index is -0.257. The van der Waals surface area contributed by atoms with Crippen LogP contribution in [0.25, 0.3) is 5.69 Å². The number of nitrogens with zero attached hydrogens (tertiary/aromatic N) is 5. The van der Waals surface area contributed by atoms with Crippen molar-refractivity contribution in [3.05, 3.63) is 61.5 Å². The topological polar surface area (TPSA) is 115 Å². The van der Waals surface area contributed by atoms with Crippen molar-refractivity contribution in [1.82, 2.24) is 30.3 Å². The Morgan fingerprint density at radius 3 is 2.67 bits per heavy atom. The molecular weight excluding hydrogens is 525 g/mol. The number of aryl methyl sites for hydroxylation is 1. The molecule has 2 amide bonds. The number of thiophene rings is 1. The van der Waals surface area contributed by atoms with Gasteiger partial charge in [0, 0.05) is 0 Å². The normalized spacial score (nSPS) is 10.9. The molecule has 0 aliphatic heterocycles. The van der Waals surface area contributed by atoms with Crippen LogP contribution in [-0.4, -0.2) is 42.5 Å². The molecule has 0 unspecified atom stereocenters. The highest BCUT2D eigenvalue weighted by molar-refractivity contribution is 7.99. The SMILES string of the molecule is Cc1nnc(NC(=O)CSc2nnc(CNC(=O)c3cccs3)n2-c2ccc(Cl)c(Cl)c2)s1. The Bertz CT molecular complexity index is 1290. The lowest BCUT2D eigenvalue weighted by molar-refractivity contribution is -0.113. The smallest absolute Gasteiger partial charge is 0.261 e. The molecule has 1 aromatic carbocycles. The summed E-state index contributed by atoms with van der Waals surface area (Å²) in [6.45, 7) is 1.93. The third-order valence-electron chi connectivity index (χ3n) is 4.12. The quantitative estimate of drug-likeness (QED) is 0.317. The van der Waals surface area contributed by atoms with Crippen LogP contribution >= 0.6 is 57.6 Å². The standard InChI is InChI=1S/C19H15Cl2N7O2S3/c1-10-24-26-18(33-10)23-16(29)9-32-19-27-25-15(8-22-17(30)14-3-2-6-31-14)28(19)11-4-5-12(20)13(21)7-11/h2-7H,8-9H2,1H3,(H,22,30)(H,23,26,29). The molecule has 0 fully saturated rings. The minimum Gasteiger partial charge on any atom is -0.344 e. The van der Waals surface area contributed by atoms with Gasteiger partial charge < -0.3 is 5.32 Å². The number of carbonyl (C=O) groups is 2. The molecule has 4 aromatic rings. The van der Waals surface area contributed by atoms with Crippen LogP contribution in [0.4, 0.5) is 5.13 Å². The number of amides is 2. The Morgan fingerprint density at radius 2 is 1.97 bits per heavy atom. The summed E-state index contributed by atoms with van der Waals surface area (Å²) in [5.74, 6) is 0.0718. The number of hydrogen-bond acceptors (Lipinski definition) is 9. The zero-order chi connectivity index (χ0) is 23.4. The van der Waals surface area contributed by atoms with Gasteiger partial charge in [-0.1, -0.05) is 52.4 Å². The van der Waals surface area contributed by atoms with Crippen LogP contribution in [0.15, 0.2) is 40.9 Å². The molecule has 4 rings (SSSR count). The summed E-state index contributed by atoms with van der Waals surface area (Å²) in [6.07, 6.45) is 0. The number of hydrogen-bond donors (Lipinski definition) is 2. The van der Waals surface area contributed by atoms with Crippen LogP contribution in [0, 0.1) is 6.92 Å². The van der Waals surface area contributed by atoms with Crippen molar-refractivity contribution in [2.75, 3.05) is 11.1 Å². The van der Waals surface area contributed by atoms with E-state index < -0.39 is 0 Å². The third kappa shape index (κ3) is 5.89. The third-order valence-corrected chi connectivity index (χ3v) is 7.41. The molecule has 0 atom stereocenters. The van der Waals surface area contributed by atoms with Crippen LogP contribution in [0.3, 0.4) is 0 Å². The maximum Gasteiger partial charge on any atom is 0.261 e. The van der Waals surface area contributed by atoms with Crippen LogP contribution < -0.4 is 10.6 Å². The Hall–Kier alpha value is -2.51. The van der Waals surface area contributed by atoms with E-state index in [4.69, 9.17) is 23.2 Å². The molecule has 33 heavy (non-hydrogen) atoms. The first-order valence-corrected chi connectivity index (χ1v) is 12.8. The number of anilines is 1. The number of halogens is 2. The highest BCUT2D eigenvalue weighted by atomic mass is 35.5.